The second kappa shape index (κ2) is 3.73. The molecule has 1 aliphatic rings. The van der Waals surface area contributed by atoms with E-state index in [0.29, 0.717) is 5.92 Å². The van der Waals surface area contributed by atoms with Gasteiger partial charge in [0.05, 0.1) is 0 Å². The summed E-state index contributed by atoms with van der Waals surface area (Å²) in [5.74, 6) is 0.948. The Hall–Kier alpha value is -0.830. The summed E-state index contributed by atoms with van der Waals surface area (Å²) in [5, 5.41) is 2.90. The van der Waals surface area contributed by atoms with E-state index in [4.69, 9.17) is 0 Å². The highest BCUT2D eigenvalue weighted by Crippen LogP contribution is 2.38. The number of amides is 1. The molecule has 0 heterocycles. The van der Waals surface area contributed by atoms with Crippen LogP contribution in [0.15, 0.2) is 28.7 Å². The molecule has 1 fully saturated rings. The van der Waals surface area contributed by atoms with Crippen molar-refractivity contribution in [2.75, 3.05) is 5.32 Å². The predicted octanol–water partition coefficient (Wildman–Crippen LogP) is 3.04. The minimum Gasteiger partial charge on any atom is -0.326 e. The number of hydrogen-bond donors (Lipinski definition) is 1. The molecular formula is C11H12BrNO. The first-order valence-electron chi connectivity index (χ1n) is 4.73. The van der Waals surface area contributed by atoms with Gasteiger partial charge >= 0.3 is 0 Å². The van der Waals surface area contributed by atoms with Gasteiger partial charge < -0.3 is 5.32 Å². The summed E-state index contributed by atoms with van der Waals surface area (Å²) in [6.45, 7) is 2.10. The monoisotopic (exact) mass is 253 g/mol. The Morgan fingerprint density at radius 2 is 2.00 bits per heavy atom. The molecule has 0 bridgehead atoms. The van der Waals surface area contributed by atoms with E-state index in [2.05, 4.69) is 28.2 Å². The molecule has 0 spiro atoms. The fourth-order valence-corrected chi connectivity index (χ4v) is 1.72. The van der Waals surface area contributed by atoms with Crippen LogP contribution in [-0.2, 0) is 4.79 Å². The van der Waals surface area contributed by atoms with Crippen molar-refractivity contribution in [1.29, 1.82) is 0 Å². The van der Waals surface area contributed by atoms with E-state index in [9.17, 15) is 4.79 Å². The first-order valence-corrected chi connectivity index (χ1v) is 5.52. The van der Waals surface area contributed by atoms with Crippen LogP contribution in [0.3, 0.4) is 0 Å². The molecule has 1 aliphatic carbocycles. The van der Waals surface area contributed by atoms with Crippen molar-refractivity contribution in [3.05, 3.63) is 28.7 Å². The van der Waals surface area contributed by atoms with Crippen LogP contribution in [0, 0.1) is 11.8 Å². The lowest BCUT2D eigenvalue weighted by Crippen LogP contribution is -2.14. The van der Waals surface area contributed by atoms with Crippen LogP contribution in [0.4, 0.5) is 5.69 Å². The quantitative estimate of drug-likeness (QED) is 0.863. The van der Waals surface area contributed by atoms with Gasteiger partial charge in [0.25, 0.3) is 0 Å². The number of carbonyl (C=O) groups excluding carboxylic acids is 1. The molecule has 1 amide bonds. The molecule has 74 valence electrons. The molecule has 0 aliphatic heterocycles. The van der Waals surface area contributed by atoms with Crippen molar-refractivity contribution in [3.63, 3.8) is 0 Å². The molecule has 1 aromatic rings. The lowest BCUT2D eigenvalue weighted by molar-refractivity contribution is -0.117. The fraction of sp³-hybridized carbons (Fsp3) is 0.364. The Labute approximate surface area is 91.8 Å². The number of benzene rings is 1. The molecule has 2 rings (SSSR count). The van der Waals surface area contributed by atoms with Crippen molar-refractivity contribution in [1.82, 2.24) is 0 Å². The number of nitrogens with one attached hydrogen (secondary N) is 1. The van der Waals surface area contributed by atoms with Crippen LogP contribution in [-0.4, -0.2) is 5.91 Å². The average molecular weight is 254 g/mol. The molecule has 1 aromatic carbocycles. The summed E-state index contributed by atoms with van der Waals surface area (Å²) in [5.41, 5.74) is 0.873. The third kappa shape index (κ3) is 2.15. The normalized spacial score (nSPS) is 24.4. The first-order chi connectivity index (χ1) is 6.66. The Morgan fingerprint density at radius 1 is 1.43 bits per heavy atom. The van der Waals surface area contributed by atoms with Crippen LogP contribution in [0.25, 0.3) is 0 Å². The van der Waals surface area contributed by atoms with E-state index in [1.54, 1.807) is 0 Å². The highest BCUT2D eigenvalue weighted by molar-refractivity contribution is 9.10. The van der Waals surface area contributed by atoms with E-state index in [1.807, 2.05) is 24.3 Å². The lowest BCUT2D eigenvalue weighted by Gasteiger charge is -2.03. The number of halogens is 1. The molecular weight excluding hydrogens is 242 g/mol. The molecule has 0 saturated heterocycles. The van der Waals surface area contributed by atoms with Crippen molar-refractivity contribution < 1.29 is 4.79 Å². The summed E-state index contributed by atoms with van der Waals surface area (Å²) in [7, 11) is 0. The van der Waals surface area contributed by atoms with E-state index in [1.165, 1.54) is 0 Å². The van der Waals surface area contributed by atoms with Crippen LogP contribution < -0.4 is 5.32 Å². The van der Waals surface area contributed by atoms with E-state index < -0.39 is 0 Å². The predicted molar refractivity (Wildman–Crippen MR) is 60.0 cm³/mol. The maximum absolute atomic E-state index is 11.5. The van der Waals surface area contributed by atoms with Gasteiger partial charge in [0, 0.05) is 16.1 Å². The highest BCUT2D eigenvalue weighted by Gasteiger charge is 2.38. The van der Waals surface area contributed by atoms with Gasteiger partial charge in [0.15, 0.2) is 0 Å². The maximum Gasteiger partial charge on any atom is 0.227 e. The van der Waals surface area contributed by atoms with Gasteiger partial charge in [-0.1, -0.05) is 22.9 Å². The zero-order valence-electron chi connectivity index (χ0n) is 7.96. The summed E-state index contributed by atoms with van der Waals surface area (Å²) < 4.78 is 1.02. The SMILES string of the molecule is C[C@@H]1C[C@H]1C(=O)Nc1ccc(Br)cc1. The Bertz CT molecular complexity index is 347. The molecule has 2 atom stereocenters. The van der Waals surface area contributed by atoms with Gasteiger partial charge in [-0.05, 0) is 36.6 Å². The van der Waals surface area contributed by atoms with Gasteiger partial charge in [-0.15, -0.1) is 0 Å². The smallest absolute Gasteiger partial charge is 0.227 e. The average Bonchev–Trinajstić information content (AvgIpc) is 2.87. The molecule has 1 N–H and O–H groups in total. The fourth-order valence-electron chi connectivity index (χ4n) is 1.46. The number of carbonyl (C=O) groups is 1. The number of anilines is 1. The third-order valence-electron chi connectivity index (χ3n) is 2.56. The third-order valence-corrected chi connectivity index (χ3v) is 3.09. The molecule has 0 aromatic heterocycles. The molecule has 1 saturated carbocycles. The Kier molecular flexibility index (Phi) is 2.59. The molecule has 3 heteroatoms. The second-order valence-electron chi connectivity index (χ2n) is 3.82. The summed E-state index contributed by atoms with van der Waals surface area (Å²) >= 11 is 3.35. The van der Waals surface area contributed by atoms with Crippen LogP contribution >= 0.6 is 15.9 Å². The Morgan fingerprint density at radius 3 is 2.50 bits per heavy atom. The van der Waals surface area contributed by atoms with Crippen LogP contribution in [0.2, 0.25) is 0 Å². The van der Waals surface area contributed by atoms with Gasteiger partial charge in [0.2, 0.25) is 5.91 Å². The minimum absolute atomic E-state index is 0.153. The van der Waals surface area contributed by atoms with E-state index >= 15 is 0 Å². The number of hydrogen-bond acceptors (Lipinski definition) is 1. The summed E-state index contributed by atoms with van der Waals surface area (Å²) in [6.07, 6.45) is 1.03. The molecule has 14 heavy (non-hydrogen) atoms. The van der Waals surface area contributed by atoms with Gasteiger partial charge in [-0.2, -0.15) is 0 Å². The molecule has 2 nitrogen and oxygen atoms in total. The molecule has 0 radical (unpaired) electrons. The highest BCUT2D eigenvalue weighted by atomic mass is 79.9. The largest absolute Gasteiger partial charge is 0.326 e. The Balaban J connectivity index is 1.97. The number of rotatable bonds is 2. The van der Waals surface area contributed by atoms with Crippen LogP contribution in [0.5, 0.6) is 0 Å². The summed E-state index contributed by atoms with van der Waals surface area (Å²) in [4.78, 5) is 11.5. The zero-order valence-corrected chi connectivity index (χ0v) is 9.54. The van der Waals surface area contributed by atoms with Crippen LogP contribution in [0.1, 0.15) is 13.3 Å². The van der Waals surface area contributed by atoms with Crippen molar-refractivity contribution in [2.24, 2.45) is 11.8 Å². The van der Waals surface area contributed by atoms with E-state index in [-0.39, 0.29) is 11.8 Å². The van der Waals surface area contributed by atoms with Crippen molar-refractivity contribution in [2.45, 2.75) is 13.3 Å². The lowest BCUT2D eigenvalue weighted by atomic mass is 10.3. The maximum atomic E-state index is 11.5. The topological polar surface area (TPSA) is 29.1 Å². The standard InChI is InChI=1S/C11H12BrNO/c1-7-6-10(7)11(14)13-9-4-2-8(12)3-5-9/h2-5,7,10H,6H2,1H3,(H,13,14)/t7-,10-/m1/s1. The van der Waals surface area contributed by atoms with Gasteiger partial charge in [-0.25, -0.2) is 0 Å². The van der Waals surface area contributed by atoms with E-state index in [0.717, 1.165) is 16.6 Å². The zero-order chi connectivity index (χ0) is 10.1. The second-order valence-corrected chi connectivity index (χ2v) is 4.73. The van der Waals surface area contributed by atoms with Crippen molar-refractivity contribution in [3.8, 4) is 0 Å². The van der Waals surface area contributed by atoms with Crippen molar-refractivity contribution >= 4 is 27.5 Å². The van der Waals surface area contributed by atoms with Gasteiger partial charge in [-0.3, -0.25) is 4.79 Å². The summed E-state index contributed by atoms with van der Waals surface area (Å²) in [6, 6.07) is 7.64. The minimum atomic E-state index is 0.153. The van der Waals surface area contributed by atoms with Gasteiger partial charge in [0.1, 0.15) is 0 Å². The first kappa shape index (κ1) is 9.71. The molecule has 0 unspecified atom stereocenters.